The first-order valence-electron chi connectivity index (χ1n) is 9.77. The molecule has 4 rings (SSSR count). The molecule has 0 radical (unpaired) electrons. The molecule has 1 heterocycles. The molecule has 0 aromatic heterocycles. The van der Waals surface area contributed by atoms with Crippen LogP contribution in [0.25, 0.3) is 0 Å². The normalized spacial score (nSPS) is 17.6. The van der Waals surface area contributed by atoms with Crippen LogP contribution < -0.4 is 0 Å². The number of ketones is 2. The van der Waals surface area contributed by atoms with Crippen LogP contribution in [-0.2, 0) is 4.79 Å². The van der Waals surface area contributed by atoms with Gasteiger partial charge in [-0.1, -0.05) is 74.4 Å². The summed E-state index contributed by atoms with van der Waals surface area (Å²) < 4.78 is 2.93. The first kappa shape index (κ1) is 22.2. The average Bonchev–Trinajstić information content (AvgIpc) is 2.80. The lowest BCUT2D eigenvalue weighted by atomic mass is 9.94. The first-order valence-corrected chi connectivity index (χ1v) is 11.4. The number of rotatable bonds is 6. The molecular formula is C24H17Br2N2O4+. The minimum Gasteiger partial charge on any atom is -0.290 e. The molecule has 0 N–H and O–H groups in total. The summed E-state index contributed by atoms with van der Waals surface area (Å²) in [6.07, 6.45) is 6.75. The van der Waals surface area contributed by atoms with Crippen molar-refractivity contribution in [2.75, 3.05) is 13.1 Å². The van der Waals surface area contributed by atoms with Crippen LogP contribution >= 0.6 is 31.9 Å². The third-order valence-corrected chi connectivity index (χ3v) is 6.30. The van der Waals surface area contributed by atoms with Gasteiger partial charge >= 0.3 is 11.9 Å². The highest BCUT2D eigenvalue weighted by Crippen LogP contribution is 2.21. The van der Waals surface area contributed by atoms with E-state index in [1.807, 2.05) is 0 Å². The minimum absolute atomic E-state index is 0.235. The maximum absolute atomic E-state index is 13.3. The molecule has 0 saturated heterocycles. The topological polar surface area (TPSA) is 74.5 Å². The molecule has 32 heavy (non-hydrogen) atoms. The van der Waals surface area contributed by atoms with Gasteiger partial charge in [0.2, 0.25) is 11.6 Å². The van der Waals surface area contributed by atoms with Gasteiger partial charge in [-0.2, -0.15) is 14.3 Å². The van der Waals surface area contributed by atoms with Crippen molar-refractivity contribution in [2.45, 2.75) is 0 Å². The van der Waals surface area contributed by atoms with Gasteiger partial charge in [-0.05, 0) is 30.3 Å². The van der Waals surface area contributed by atoms with E-state index in [0.717, 1.165) is 13.8 Å². The number of carbonyl (C=O) groups is 4. The van der Waals surface area contributed by atoms with Crippen LogP contribution in [0.5, 0.6) is 0 Å². The lowest BCUT2D eigenvalue weighted by Gasteiger charge is -2.26. The third kappa shape index (κ3) is 4.47. The van der Waals surface area contributed by atoms with Crippen molar-refractivity contribution in [3.05, 3.63) is 92.9 Å². The summed E-state index contributed by atoms with van der Waals surface area (Å²) in [5.74, 6) is -1.85. The van der Waals surface area contributed by atoms with E-state index < -0.39 is 24.4 Å². The summed E-state index contributed by atoms with van der Waals surface area (Å²) in [5, 5.41) is 0. The monoisotopic (exact) mass is 555 g/mol. The van der Waals surface area contributed by atoms with E-state index >= 15 is 0 Å². The number of nitrogens with zero attached hydrogens (tertiary/aromatic N) is 2. The van der Waals surface area contributed by atoms with Gasteiger partial charge in [-0.3, -0.25) is 9.59 Å². The Morgan fingerprint density at radius 2 is 1.41 bits per heavy atom. The highest BCUT2D eigenvalue weighted by Gasteiger charge is 2.48. The molecule has 2 aromatic carbocycles. The Labute approximate surface area is 201 Å². The maximum Gasteiger partial charge on any atom is 0.501 e. The number of amides is 3. The second-order valence-corrected chi connectivity index (χ2v) is 9.13. The standard InChI is InChI=1S/C24H17Br2N2O4/c25-17-9-5-15(6-10-17)21(29)13-27-20-4-2-1-3-19(20)23(31)28(24(27)32)14-22(30)16-7-11-18(26)12-8-16/h1-12,19H,13-14H2/q+1. The van der Waals surface area contributed by atoms with Crippen molar-refractivity contribution < 1.29 is 23.8 Å². The fourth-order valence-corrected chi connectivity index (χ4v) is 4.09. The van der Waals surface area contributed by atoms with Crippen molar-refractivity contribution in [1.82, 2.24) is 4.90 Å². The number of benzene rings is 2. The number of hydrogen-bond donors (Lipinski definition) is 0. The zero-order valence-electron chi connectivity index (χ0n) is 16.7. The van der Waals surface area contributed by atoms with Crippen LogP contribution in [-0.4, -0.2) is 51.8 Å². The molecule has 0 spiro atoms. The largest absolute Gasteiger partial charge is 0.501 e. The fraction of sp³-hybridized carbons (Fsp3) is 0.125. The number of imide groups is 1. The predicted octanol–water partition coefficient (Wildman–Crippen LogP) is 4.44. The average molecular weight is 557 g/mol. The molecule has 0 fully saturated rings. The van der Waals surface area contributed by atoms with Crippen LogP contribution in [0, 0.1) is 5.92 Å². The fourth-order valence-electron chi connectivity index (χ4n) is 3.56. The summed E-state index contributed by atoms with van der Waals surface area (Å²) in [5.41, 5.74) is 1.27. The number of urea groups is 1. The molecule has 2 aliphatic rings. The third-order valence-electron chi connectivity index (χ3n) is 5.24. The Morgan fingerprint density at radius 1 is 0.844 bits per heavy atom. The Kier molecular flexibility index (Phi) is 6.43. The molecule has 2 aromatic rings. The summed E-state index contributed by atoms with van der Waals surface area (Å²) in [4.78, 5) is 52.9. The molecule has 1 aliphatic heterocycles. The Morgan fingerprint density at radius 3 is 2.00 bits per heavy atom. The van der Waals surface area contributed by atoms with Crippen LogP contribution in [0.2, 0.25) is 0 Å². The summed E-state index contributed by atoms with van der Waals surface area (Å²) in [6, 6.07) is 12.8. The molecule has 1 unspecified atom stereocenters. The number of allylic oxidation sites excluding steroid dienone is 3. The number of hydrogen-bond acceptors (Lipinski definition) is 4. The Hall–Kier alpha value is -2.97. The van der Waals surface area contributed by atoms with Crippen molar-refractivity contribution in [2.24, 2.45) is 5.92 Å². The highest BCUT2D eigenvalue weighted by molar-refractivity contribution is 9.10. The molecule has 3 amide bonds. The van der Waals surface area contributed by atoms with E-state index in [-0.39, 0.29) is 18.1 Å². The number of fused-ring (bicyclic) bond motifs is 1. The van der Waals surface area contributed by atoms with E-state index in [1.165, 1.54) is 4.58 Å². The second kappa shape index (κ2) is 9.26. The van der Waals surface area contributed by atoms with Crippen molar-refractivity contribution >= 4 is 61.1 Å². The van der Waals surface area contributed by atoms with Gasteiger partial charge in [-0.15, -0.1) is 0 Å². The molecule has 6 nitrogen and oxygen atoms in total. The number of Topliss-reactive ketones (excluding diaryl/α,β-unsaturated/α-hetero) is 2. The van der Waals surface area contributed by atoms with Crippen LogP contribution in [0.15, 0.2) is 81.8 Å². The predicted molar refractivity (Wildman–Crippen MR) is 126 cm³/mol. The van der Waals surface area contributed by atoms with Crippen LogP contribution in [0.3, 0.4) is 0 Å². The van der Waals surface area contributed by atoms with Gasteiger partial charge in [0.1, 0.15) is 11.6 Å². The molecule has 1 atom stereocenters. The van der Waals surface area contributed by atoms with Crippen molar-refractivity contribution in [3.63, 3.8) is 0 Å². The van der Waals surface area contributed by atoms with Crippen molar-refractivity contribution in [1.29, 1.82) is 0 Å². The molecular weight excluding hydrogens is 540 g/mol. The van der Waals surface area contributed by atoms with E-state index in [4.69, 9.17) is 0 Å². The van der Waals surface area contributed by atoms with Gasteiger partial charge in [-0.25, -0.2) is 4.79 Å². The van der Waals surface area contributed by atoms with Crippen molar-refractivity contribution in [3.8, 4) is 0 Å². The molecule has 160 valence electrons. The zero-order valence-corrected chi connectivity index (χ0v) is 19.9. The van der Waals surface area contributed by atoms with Gasteiger partial charge in [0.15, 0.2) is 13.1 Å². The van der Waals surface area contributed by atoms with Gasteiger partial charge in [0.05, 0.1) is 0 Å². The minimum atomic E-state index is -0.729. The Bertz CT molecular complexity index is 1210. The van der Waals surface area contributed by atoms with Crippen LogP contribution in [0.4, 0.5) is 4.79 Å². The summed E-state index contributed by atoms with van der Waals surface area (Å²) in [6.45, 7) is -0.635. The van der Waals surface area contributed by atoms with Crippen LogP contribution in [0.1, 0.15) is 20.7 Å². The molecule has 0 saturated carbocycles. The second-order valence-electron chi connectivity index (χ2n) is 7.30. The van der Waals surface area contributed by atoms with E-state index in [1.54, 1.807) is 72.8 Å². The summed E-state index contributed by atoms with van der Waals surface area (Å²) in [7, 11) is 0. The smallest absolute Gasteiger partial charge is 0.290 e. The number of carbonyl (C=O) groups excluding carboxylic acids is 4. The zero-order chi connectivity index (χ0) is 22.8. The SMILES string of the molecule is O=C(CN1C(=O)C2C=CC=CC2=[N+](CC(=O)c2ccc(Br)cc2)C1=O)c1ccc(Br)cc1. The molecule has 1 aliphatic carbocycles. The lowest BCUT2D eigenvalue weighted by Crippen LogP contribution is -2.56. The summed E-state index contributed by atoms with van der Waals surface area (Å²) >= 11 is 6.65. The van der Waals surface area contributed by atoms with E-state index in [9.17, 15) is 19.2 Å². The highest BCUT2D eigenvalue weighted by atomic mass is 79.9. The van der Waals surface area contributed by atoms with Gasteiger partial charge < -0.3 is 0 Å². The van der Waals surface area contributed by atoms with E-state index in [2.05, 4.69) is 31.9 Å². The molecule has 8 heteroatoms. The van der Waals surface area contributed by atoms with Gasteiger partial charge in [0.25, 0.3) is 0 Å². The quantitative estimate of drug-likeness (QED) is 0.389. The van der Waals surface area contributed by atoms with E-state index in [0.29, 0.717) is 16.8 Å². The molecule has 0 bridgehead atoms. The number of halogens is 2. The Balaban J connectivity index is 1.64. The van der Waals surface area contributed by atoms with Gasteiger partial charge in [0, 0.05) is 20.1 Å². The lowest BCUT2D eigenvalue weighted by molar-refractivity contribution is -0.425. The maximum atomic E-state index is 13.3. The first-order chi connectivity index (χ1) is 15.3.